The molecule has 3 fully saturated rings. The van der Waals surface area contributed by atoms with E-state index < -0.39 is 0 Å². The first-order chi connectivity index (χ1) is 14.6. The summed E-state index contributed by atoms with van der Waals surface area (Å²) in [4.78, 5) is 23.5. The first-order valence-electron chi connectivity index (χ1n) is 11.3. The third-order valence-electron chi connectivity index (χ3n) is 6.83. The van der Waals surface area contributed by atoms with E-state index in [2.05, 4.69) is 20.1 Å². The minimum absolute atomic E-state index is 0.107. The van der Waals surface area contributed by atoms with Gasteiger partial charge in [0.05, 0.1) is 6.54 Å². The summed E-state index contributed by atoms with van der Waals surface area (Å²) in [5, 5.41) is 3.49. The fraction of sp³-hybridized carbons (Fsp3) is 0.652. The van der Waals surface area contributed by atoms with Gasteiger partial charge in [-0.2, -0.15) is 0 Å². The number of likely N-dealkylation sites (tertiary alicyclic amines) is 1. The molecule has 2 aliphatic heterocycles. The summed E-state index contributed by atoms with van der Waals surface area (Å²) in [5.41, 5.74) is 0.707. The monoisotopic (exact) mass is 415 g/mol. The molecule has 0 aromatic heterocycles. The van der Waals surface area contributed by atoms with E-state index in [4.69, 9.17) is 0 Å². The normalized spacial score (nSPS) is 22.1. The second-order valence-electron chi connectivity index (χ2n) is 8.87. The van der Waals surface area contributed by atoms with Crippen LogP contribution in [0.5, 0.6) is 0 Å². The van der Waals surface area contributed by atoms with Gasteiger partial charge in [-0.15, -0.1) is 0 Å². The van der Waals surface area contributed by atoms with Crippen LogP contribution in [-0.4, -0.2) is 86.0 Å². The van der Waals surface area contributed by atoms with Crippen LogP contribution < -0.4 is 5.32 Å². The summed E-state index contributed by atoms with van der Waals surface area (Å²) in [6, 6.07) is 7.12. The van der Waals surface area contributed by atoms with Gasteiger partial charge in [-0.3, -0.25) is 14.7 Å². The van der Waals surface area contributed by atoms with Crippen molar-refractivity contribution in [1.82, 2.24) is 20.0 Å². The van der Waals surface area contributed by atoms with Gasteiger partial charge in [0.15, 0.2) is 5.96 Å². The molecule has 3 aliphatic rings. The molecule has 0 spiro atoms. The number of hydrogen-bond donors (Lipinski definition) is 1. The minimum atomic E-state index is -0.112. The average Bonchev–Trinajstić information content (AvgIpc) is 3.57. The molecule has 1 aromatic carbocycles. The lowest BCUT2D eigenvalue weighted by molar-refractivity contribution is -0.133. The Morgan fingerprint density at radius 1 is 1.03 bits per heavy atom. The number of carbonyl (C=O) groups excluding carboxylic acids is 1. The van der Waals surface area contributed by atoms with E-state index in [9.17, 15) is 9.18 Å². The number of halogens is 1. The summed E-state index contributed by atoms with van der Waals surface area (Å²) >= 11 is 0. The second-order valence-corrected chi connectivity index (χ2v) is 8.87. The van der Waals surface area contributed by atoms with Gasteiger partial charge in [0.2, 0.25) is 5.91 Å². The largest absolute Gasteiger partial charge is 0.355 e. The first kappa shape index (κ1) is 21.1. The van der Waals surface area contributed by atoms with Gasteiger partial charge >= 0.3 is 0 Å². The fourth-order valence-electron chi connectivity index (χ4n) is 4.72. The van der Waals surface area contributed by atoms with Crippen LogP contribution >= 0.6 is 0 Å². The number of amides is 1. The number of carbonyl (C=O) groups is 1. The van der Waals surface area contributed by atoms with E-state index in [1.54, 1.807) is 19.2 Å². The van der Waals surface area contributed by atoms with Crippen molar-refractivity contribution >= 4 is 11.9 Å². The molecule has 1 saturated carbocycles. The zero-order valence-electron chi connectivity index (χ0n) is 18.1. The predicted molar refractivity (Wildman–Crippen MR) is 117 cm³/mol. The molecule has 1 N–H and O–H groups in total. The highest BCUT2D eigenvalue weighted by Gasteiger charge is 2.46. The standard InChI is InChI=1S/C23H34FN5O/c1-25-22(26-18-23(9-10-23)19-7-3-4-8-20(19)24)29-15-13-27(14-16-29)17-21(30)28-11-5-2-6-12-28/h3-4,7-8H,2,5-6,9-18H2,1H3,(H,25,26). The number of aliphatic imine (C=N–C) groups is 1. The van der Waals surface area contributed by atoms with Crippen LogP contribution in [0.4, 0.5) is 4.39 Å². The van der Waals surface area contributed by atoms with E-state index in [-0.39, 0.29) is 17.1 Å². The molecule has 164 valence electrons. The van der Waals surface area contributed by atoms with E-state index in [1.165, 1.54) is 6.42 Å². The highest BCUT2D eigenvalue weighted by molar-refractivity contribution is 5.80. The lowest BCUT2D eigenvalue weighted by atomic mass is 9.95. The lowest BCUT2D eigenvalue weighted by Gasteiger charge is -2.37. The Hall–Kier alpha value is -2.15. The van der Waals surface area contributed by atoms with Crippen molar-refractivity contribution in [1.29, 1.82) is 0 Å². The van der Waals surface area contributed by atoms with Crippen molar-refractivity contribution in [3.63, 3.8) is 0 Å². The molecular formula is C23H34FN5O. The van der Waals surface area contributed by atoms with Crippen LogP contribution in [0.25, 0.3) is 0 Å². The molecule has 4 rings (SSSR count). The molecule has 7 heteroatoms. The molecule has 1 amide bonds. The van der Waals surface area contributed by atoms with Gasteiger partial charge in [-0.05, 0) is 43.7 Å². The third kappa shape index (κ3) is 4.77. The molecule has 0 unspecified atom stereocenters. The smallest absolute Gasteiger partial charge is 0.236 e. The molecular weight excluding hydrogens is 381 g/mol. The van der Waals surface area contributed by atoms with Gasteiger partial charge in [0.25, 0.3) is 0 Å². The van der Waals surface area contributed by atoms with E-state index >= 15 is 0 Å². The van der Waals surface area contributed by atoms with Crippen molar-refractivity contribution < 1.29 is 9.18 Å². The molecule has 0 atom stereocenters. The molecule has 30 heavy (non-hydrogen) atoms. The van der Waals surface area contributed by atoms with Crippen molar-refractivity contribution in [2.75, 3.05) is 59.4 Å². The lowest BCUT2D eigenvalue weighted by Crippen LogP contribution is -2.55. The Morgan fingerprint density at radius 3 is 2.37 bits per heavy atom. The number of piperidine rings is 1. The number of benzene rings is 1. The average molecular weight is 416 g/mol. The number of hydrogen-bond acceptors (Lipinski definition) is 3. The van der Waals surface area contributed by atoms with Gasteiger partial charge in [-0.25, -0.2) is 4.39 Å². The Labute approximate surface area is 179 Å². The van der Waals surface area contributed by atoms with Gasteiger partial charge in [-0.1, -0.05) is 18.2 Å². The van der Waals surface area contributed by atoms with Crippen molar-refractivity contribution in [2.45, 2.75) is 37.5 Å². The van der Waals surface area contributed by atoms with Gasteiger partial charge < -0.3 is 15.1 Å². The maximum absolute atomic E-state index is 14.3. The molecule has 0 bridgehead atoms. The number of piperazine rings is 1. The van der Waals surface area contributed by atoms with E-state index in [1.807, 2.05) is 17.0 Å². The molecule has 0 radical (unpaired) electrons. The number of rotatable bonds is 5. The second kappa shape index (κ2) is 9.33. The molecule has 6 nitrogen and oxygen atoms in total. The third-order valence-corrected chi connectivity index (χ3v) is 6.83. The summed E-state index contributed by atoms with van der Waals surface area (Å²) in [5.74, 6) is 1.03. The van der Waals surface area contributed by atoms with Gasteiger partial charge in [0, 0.05) is 58.3 Å². The molecule has 2 saturated heterocycles. The summed E-state index contributed by atoms with van der Waals surface area (Å²) < 4.78 is 14.3. The SMILES string of the molecule is CN=C(NCC1(c2ccccc2F)CC1)N1CCN(CC(=O)N2CCCCC2)CC1. The highest BCUT2D eigenvalue weighted by Crippen LogP contribution is 2.48. The zero-order chi connectivity index (χ0) is 21.0. The van der Waals surface area contributed by atoms with Crippen LogP contribution in [0.2, 0.25) is 0 Å². The van der Waals surface area contributed by atoms with Crippen LogP contribution in [-0.2, 0) is 10.2 Å². The number of nitrogens with one attached hydrogen (secondary N) is 1. The van der Waals surface area contributed by atoms with Crippen molar-refractivity contribution in [3.8, 4) is 0 Å². The highest BCUT2D eigenvalue weighted by atomic mass is 19.1. The Morgan fingerprint density at radius 2 is 1.73 bits per heavy atom. The molecule has 1 aliphatic carbocycles. The van der Waals surface area contributed by atoms with E-state index in [0.717, 1.165) is 76.5 Å². The summed E-state index contributed by atoms with van der Waals surface area (Å²) in [7, 11) is 1.80. The van der Waals surface area contributed by atoms with Crippen molar-refractivity contribution in [2.24, 2.45) is 4.99 Å². The molecule has 1 aromatic rings. The number of nitrogens with zero attached hydrogens (tertiary/aromatic N) is 4. The summed E-state index contributed by atoms with van der Waals surface area (Å²) in [6.07, 6.45) is 5.52. The van der Waals surface area contributed by atoms with Crippen LogP contribution in [0, 0.1) is 5.82 Å². The maximum atomic E-state index is 14.3. The van der Waals surface area contributed by atoms with Crippen molar-refractivity contribution in [3.05, 3.63) is 35.6 Å². The van der Waals surface area contributed by atoms with Gasteiger partial charge in [0.1, 0.15) is 5.82 Å². The first-order valence-corrected chi connectivity index (χ1v) is 11.3. The molecule has 2 heterocycles. The fourth-order valence-corrected chi connectivity index (χ4v) is 4.72. The quantitative estimate of drug-likeness (QED) is 0.591. The van der Waals surface area contributed by atoms with Crippen LogP contribution in [0.3, 0.4) is 0 Å². The maximum Gasteiger partial charge on any atom is 0.236 e. The number of guanidine groups is 1. The van der Waals surface area contributed by atoms with Crippen LogP contribution in [0.1, 0.15) is 37.7 Å². The Kier molecular flexibility index (Phi) is 6.56. The minimum Gasteiger partial charge on any atom is -0.355 e. The van der Waals surface area contributed by atoms with Crippen LogP contribution in [0.15, 0.2) is 29.3 Å². The Balaban J connectivity index is 1.25. The van der Waals surface area contributed by atoms with E-state index in [0.29, 0.717) is 13.1 Å². The Bertz CT molecular complexity index is 765. The topological polar surface area (TPSA) is 51.2 Å². The zero-order valence-corrected chi connectivity index (χ0v) is 18.1. The summed E-state index contributed by atoms with van der Waals surface area (Å²) in [6.45, 7) is 6.47. The predicted octanol–water partition coefficient (Wildman–Crippen LogP) is 2.06.